The highest BCUT2D eigenvalue weighted by Gasteiger charge is 2.31. The molecule has 0 aliphatic carbocycles. The number of hydrogen-bond donors (Lipinski definition) is 1. The van der Waals surface area contributed by atoms with Crippen LogP contribution in [-0.4, -0.2) is 18.0 Å². The van der Waals surface area contributed by atoms with E-state index in [2.05, 4.69) is 37.8 Å². The van der Waals surface area contributed by atoms with E-state index in [0.717, 1.165) is 23.0 Å². The van der Waals surface area contributed by atoms with Gasteiger partial charge < -0.3 is 5.73 Å². The minimum absolute atomic E-state index is 0.405. The quantitative estimate of drug-likeness (QED) is 0.915. The number of nitrogens with zero attached hydrogens (tertiary/aromatic N) is 1. The van der Waals surface area contributed by atoms with Gasteiger partial charge in [0.15, 0.2) is 0 Å². The van der Waals surface area contributed by atoms with Gasteiger partial charge in [0.25, 0.3) is 0 Å². The van der Waals surface area contributed by atoms with Crippen molar-refractivity contribution < 1.29 is 0 Å². The van der Waals surface area contributed by atoms with Crippen molar-refractivity contribution in [3.05, 3.63) is 34.3 Å². The third kappa shape index (κ3) is 3.71. The second-order valence-corrected chi connectivity index (χ2v) is 7.12. The van der Waals surface area contributed by atoms with Crippen molar-refractivity contribution in [3.63, 3.8) is 0 Å². The highest BCUT2D eigenvalue weighted by molar-refractivity contribution is 6.31. The molecule has 1 aliphatic heterocycles. The van der Waals surface area contributed by atoms with Gasteiger partial charge in [0.1, 0.15) is 0 Å². The molecule has 1 aromatic carbocycles. The van der Waals surface area contributed by atoms with E-state index in [1.54, 1.807) is 0 Å². The maximum atomic E-state index is 6.33. The summed E-state index contributed by atoms with van der Waals surface area (Å²) >= 11 is 6.33. The number of likely N-dealkylation sites (tertiary alicyclic amines) is 1. The highest BCUT2D eigenvalue weighted by atomic mass is 35.5. The summed E-state index contributed by atoms with van der Waals surface area (Å²) in [5, 5.41) is 0.849. The third-order valence-corrected chi connectivity index (χ3v) is 4.60. The summed E-state index contributed by atoms with van der Waals surface area (Å²) in [5.41, 5.74) is 8.35. The first-order valence-electron chi connectivity index (χ1n) is 7.10. The van der Waals surface area contributed by atoms with Crippen molar-refractivity contribution in [2.45, 2.75) is 40.3 Å². The third-order valence-electron chi connectivity index (χ3n) is 4.24. The monoisotopic (exact) mass is 280 g/mol. The summed E-state index contributed by atoms with van der Waals surface area (Å²) in [7, 11) is 0. The molecule has 3 heteroatoms. The summed E-state index contributed by atoms with van der Waals surface area (Å²) in [6, 6.07) is 6.20. The van der Waals surface area contributed by atoms with Crippen molar-refractivity contribution in [1.29, 1.82) is 0 Å². The normalized spacial score (nSPS) is 21.0. The SMILES string of the molecule is CC(C)(C)C1CCN(Cc2ccc(CN)cc2Cl)C1. The van der Waals surface area contributed by atoms with Gasteiger partial charge in [-0.05, 0) is 41.5 Å². The zero-order valence-corrected chi connectivity index (χ0v) is 13.0. The predicted molar refractivity (Wildman–Crippen MR) is 82.2 cm³/mol. The van der Waals surface area contributed by atoms with Crippen molar-refractivity contribution in [2.24, 2.45) is 17.1 Å². The Morgan fingerprint density at radius 2 is 2.11 bits per heavy atom. The van der Waals surface area contributed by atoms with Crippen LogP contribution in [0, 0.1) is 11.3 Å². The molecule has 1 saturated heterocycles. The van der Waals surface area contributed by atoms with Crippen molar-refractivity contribution in [1.82, 2.24) is 4.90 Å². The number of rotatable bonds is 3. The van der Waals surface area contributed by atoms with Gasteiger partial charge in [0, 0.05) is 24.7 Å². The van der Waals surface area contributed by atoms with Crippen LogP contribution < -0.4 is 5.73 Å². The Bertz CT molecular complexity index is 437. The summed E-state index contributed by atoms with van der Waals surface area (Å²) in [6.07, 6.45) is 1.29. The van der Waals surface area contributed by atoms with E-state index in [0.29, 0.717) is 12.0 Å². The van der Waals surface area contributed by atoms with E-state index in [1.807, 2.05) is 6.07 Å². The van der Waals surface area contributed by atoms with Gasteiger partial charge in [-0.2, -0.15) is 0 Å². The lowest BCUT2D eigenvalue weighted by Gasteiger charge is -2.27. The Labute approximate surface area is 121 Å². The number of benzene rings is 1. The van der Waals surface area contributed by atoms with Gasteiger partial charge in [0.05, 0.1) is 0 Å². The number of hydrogen-bond acceptors (Lipinski definition) is 2. The fourth-order valence-electron chi connectivity index (χ4n) is 2.77. The van der Waals surface area contributed by atoms with E-state index in [1.165, 1.54) is 25.1 Å². The van der Waals surface area contributed by atoms with Crippen molar-refractivity contribution in [2.75, 3.05) is 13.1 Å². The van der Waals surface area contributed by atoms with E-state index < -0.39 is 0 Å². The Morgan fingerprint density at radius 3 is 2.63 bits per heavy atom. The first-order valence-corrected chi connectivity index (χ1v) is 7.47. The summed E-state index contributed by atoms with van der Waals surface area (Å²) in [5.74, 6) is 0.787. The van der Waals surface area contributed by atoms with Crippen LogP contribution in [-0.2, 0) is 13.1 Å². The predicted octanol–water partition coefficient (Wildman–Crippen LogP) is 3.67. The Hall–Kier alpha value is -0.570. The zero-order chi connectivity index (χ0) is 14.0. The van der Waals surface area contributed by atoms with Crippen molar-refractivity contribution >= 4 is 11.6 Å². The Balaban J connectivity index is 1.99. The topological polar surface area (TPSA) is 29.3 Å². The average Bonchev–Trinajstić information content (AvgIpc) is 2.80. The Kier molecular flexibility index (Phi) is 4.54. The van der Waals surface area contributed by atoms with Gasteiger partial charge >= 0.3 is 0 Å². The first-order chi connectivity index (χ1) is 8.90. The largest absolute Gasteiger partial charge is 0.326 e. The molecule has 1 aliphatic rings. The lowest BCUT2D eigenvalue weighted by Crippen LogP contribution is -2.25. The van der Waals surface area contributed by atoms with E-state index in [-0.39, 0.29) is 0 Å². The summed E-state index contributed by atoms with van der Waals surface area (Å²) in [6.45, 7) is 10.9. The van der Waals surface area contributed by atoms with E-state index >= 15 is 0 Å². The molecule has 1 heterocycles. The molecule has 0 aromatic heterocycles. The fraction of sp³-hybridized carbons (Fsp3) is 0.625. The van der Waals surface area contributed by atoms with Crippen LogP contribution in [0.3, 0.4) is 0 Å². The molecule has 0 amide bonds. The first kappa shape index (κ1) is 14.8. The van der Waals surface area contributed by atoms with Gasteiger partial charge in [-0.15, -0.1) is 0 Å². The molecule has 0 radical (unpaired) electrons. The molecule has 1 fully saturated rings. The molecule has 2 nitrogen and oxygen atoms in total. The molecule has 1 unspecified atom stereocenters. The minimum Gasteiger partial charge on any atom is -0.326 e. The van der Waals surface area contributed by atoms with Crippen LogP contribution in [0.1, 0.15) is 38.3 Å². The number of nitrogens with two attached hydrogens (primary N) is 1. The van der Waals surface area contributed by atoms with Gasteiger partial charge in [0.2, 0.25) is 0 Å². The van der Waals surface area contributed by atoms with Gasteiger partial charge in [-0.1, -0.05) is 44.5 Å². The highest BCUT2D eigenvalue weighted by Crippen LogP contribution is 2.34. The van der Waals surface area contributed by atoms with Crippen LogP contribution in [0.15, 0.2) is 18.2 Å². The van der Waals surface area contributed by atoms with Crippen LogP contribution in [0.4, 0.5) is 0 Å². The molecular weight excluding hydrogens is 256 g/mol. The molecular formula is C16H25ClN2. The van der Waals surface area contributed by atoms with Gasteiger partial charge in [-0.25, -0.2) is 0 Å². The van der Waals surface area contributed by atoms with Crippen LogP contribution in [0.25, 0.3) is 0 Å². The number of halogens is 1. The summed E-state index contributed by atoms with van der Waals surface area (Å²) in [4.78, 5) is 2.51. The molecule has 0 bridgehead atoms. The molecule has 2 rings (SSSR count). The molecule has 2 N–H and O–H groups in total. The van der Waals surface area contributed by atoms with Crippen molar-refractivity contribution in [3.8, 4) is 0 Å². The molecule has 1 atom stereocenters. The molecule has 0 spiro atoms. The lowest BCUT2D eigenvalue weighted by atomic mass is 9.80. The van der Waals surface area contributed by atoms with Crippen LogP contribution in [0.2, 0.25) is 5.02 Å². The fourth-order valence-corrected chi connectivity index (χ4v) is 3.03. The average molecular weight is 281 g/mol. The minimum atomic E-state index is 0.405. The maximum Gasteiger partial charge on any atom is 0.0454 e. The second-order valence-electron chi connectivity index (χ2n) is 6.72. The Morgan fingerprint density at radius 1 is 1.37 bits per heavy atom. The molecule has 106 valence electrons. The second kappa shape index (κ2) is 5.82. The molecule has 0 saturated carbocycles. The standard InChI is InChI=1S/C16H25ClN2/c1-16(2,3)14-6-7-19(11-14)10-13-5-4-12(9-18)8-15(13)17/h4-5,8,14H,6-7,9-11,18H2,1-3H3. The zero-order valence-electron chi connectivity index (χ0n) is 12.2. The maximum absolute atomic E-state index is 6.33. The smallest absolute Gasteiger partial charge is 0.0454 e. The van der Waals surface area contributed by atoms with E-state index in [4.69, 9.17) is 17.3 Å². The van der Waals surface area contributed by atoms with E-state index in [9.17, 15) is 0 Å². The lowest BCUT2D eigenvalue weighted by molar-refractivity contribution is 0.226. The van der Waals surface area contributed by atoms with Gasteiger partial charge in [-0.3, -0.25) is 4.90 Å². The summed E-state index contributed by atoms with van der Waals surface area (Å²) < 4.78 is 0. The molecule has 1 aromatic rings. The molecule has 19 heavy (non-hydrogen) atoms. The van der Waals surface area contributed by atoms with Crippen LogP contribution >= 0.6 is 11.6 Å². The van der Waals surface area contributed by atoms with Crippen LogP contribution in [0.5, 0.6) is 0 Å².